The first-order chi connectivity index (χ1) is 8.48. The average molecular weight is 250 g/mol. The van der Waals surface area contributed by atoms with E-state index < -0.39 is 17.7 Å². The number of hydrogen-bond donors (Lipinski definition) is 0. The van der Waals surface area contributed by atoms with Gasteiger partial charge in [-0.05, 0) is 13.8 Å². The van der Waals surface area contributed by atoms with Gasteiger partial charge in [-0.2, -0.15) is 0 Å². The van der Waals surface area contributed by atoms with Gasteiger partial charge in [0, 0.05) is 11.8 Å². The van der Waals surface area contributed by atoms with E-state index >= 15 is 0 Å². The van der Waals surface area contributed by atoms with Crippen LogP contribution in [0.4, 0.5) is 0 Å². The lowest BCUT2D eigenvalue weighted by atomic mass is 9.60. The summed E-state index contributed by atoms with van der Waals surface area (Å²) in [6.07, 6.45) is 3.68. The molecule has 0 radical (unpaired) electrons. The van der Waals surface area contributed by atoms with Crippen LogP contribution in [-0.4, -0.2) is 29.9 Å². The van der Waals surface area contributed by atoms with Crippen molar-refractivity contribution < 1.29 is 23.8 Å². The molecule has 5 rings (SSSR count). The maximum atomic E-state index is 11.8. The van der Waals surface area contributed by atoms with Crippen molar-refractivity contribution in [2.24, 2.45) is 23.7 Å². The lowest BCUT2D eigenvalue weighted by Gasteiger charge is -2.43. The number of carbonyl (C=O) groups excluding carboxylic acids is 2. The zero-order valence-corrected chi connectivity index (χ0v) is 10.2. The molecule has 5 heteroatoms. The highest BCUT2D eigenvalue weighted by Crippen LogP contribution is 2.54. The quantitative estimate of drug-likeness (QED) is 0.358. The molecule has 6 atom stereocenters. The predicted molar refractivity (Wildman–Crippen MR) is 58.0 cm³/mol. The second-order valence-corrected chi connectivity index (χ2v) is 5.90. The molecule has 0 aromatic carbocycles. The molecule has 2 heterocycles. The van der Waals surface area contributed by atoms with Gasteiger partial charge in [-0.1, -0.05) is 12.2 Å². The molecule has 0 N–H and O–H groups in total. The highest BCUT2D eigenvalue weighted by Gasteiger charge is 2.65. The minimum Gasteiger partial charge on any atom is -0.393 e. The fourth-order valence-corrected chi connectivity index (χ4v) is 3.86. The molecule has 18 heavy (non-hydrogen) atoms. The third-order valence-corrected chi connectivity index (χ3v) is 4.44. The SMILES string of the molecule is CC1(C)O[C@@H]2[C@@H]3C=C[C@H]([C@@H]2O1)[C@H]1C(=O)OC(=O)[C@@H]31. The Bertz CT molecular complexity index is 440. The van der Waals surface area contributed by atoms with Gasteiger partial charge in [0.15, 0.2) is 5.79 Å². The van der Waals surface area contributed by atoms with Crippen LogP contribution < -0.4 is 0 Å². The van der Waals surface area contributed by atoms with Crippen LogP contribution in [-0.2, 0) is 23.8 Å². The Kier molecular flexibility index (Phi) is 1.80. The monoisotopic (exact) mass is 250 g/mol. The number of hydrogen-bond acceptors (Lipinski definition) is 5. The van der Waals surface area contributed by atoms with E-state index in [1.807, 2.05) is 26.0 Å². The van der Waals surface area contributed by atoms with E-state index in [4.69, 9.17) is 14.2 Å². The highest BCUT2D eigenvalue weighted by atomic mass is 16.8. The Balaban J connectivity index is 1.79. The highest BCUT2D eigenvalue weighted by molar-refractivity contribution is 5.97. The second-order valence-electron chi connectivity index (χ2n) is 5.90. The predicted octanol–water partition coefficient (Wildman–Crippen LogP) is 0.638. The summed E-state index contributed by atoms with van der Waals surface area (Å²) in [4.78, 5) is 23.6. The summed E-state index contributed by atoms with van der Waals surface area (Å²) in [5, 5.41) is 0. The summed E-state index contributed by atoms with van der Waals surface area (Å²) in [5.74, 6) is -2.44. The number of ether oxygens (including phenoxy) is 3. The van der Waals surface area contributed by atoms with Crippen molar-refractivity contribution in [1.29, 1.82) is 0 Å². The molecule has 2 aliphatic heterocycles. The smallest absolute Gasteiger partial charge is 0.318 e. The Hall–Kier alpha value is -1.20. The molecule has 3 aliphatic carbocycles. The van der Waals surface area contributed by atoms with Crippen LogP contribution in [0.3, 0.4) is 0 Å². The van der Waals surface area contributed by atoms with Gasteiger partial charge in [0.05, 0.1) is 24.0 Å². The van der Waals surface area contributed by atoms with E-state index in [0.717, 1.165) is 0 Å². The minimum absolute atomic E-state index is 0.106. The Morgan fingerprint density at radius 1 is 0.944 bits per heavy atom. The number of esters is 2. The van der Waals surface area contributed by atoms with Crippen LogP contribution in [0.25, 0.3) is 0 Å². The van der Waals surface area contributed by atoms with Gasteiger partial charge in [-0.3, -0.25) is 9.59 Å². The molecule has 2 bridgehead atoms. The first-order valence-electron chi connectivity index (χ1n) is 6.27. The van der Waals surface area contributed by atoms with E-state index in [0.29, 0.717) is 0 Å². The van der Waals surface area contributed by atoms with Gasteiger partial charge in [0.2, 0.25) is 0 Å². The van der Waals surface area contributed by atoms with Gasteiger partial charge in [0.25, 0.3) is 0 Å². The summed E-state index contributed by atoms with van der Waals surface area (Å²) in [5.41, 5.74) is 0. The zero-order chi connectivity index (χ0) is 12.7. The summed E-state index contributed by atoms with van der Waals surface area (Å²) < 4.78 is 16.5. The largest absolute Gasteiger partial charge is 0.393 e. The summed E-state index contributed by atoms with van der Waals surface area (Å²) in [7, 11) is 0. The van der Waals surface area contributed by atoms with Gasteiger partial charge in [-0.25, -0.2) is 0 Å². The molecule has 0 aromatic rings. The van der Waals surface area contributed by atoms with E-state index in [2.05, 4.69) is 0 Å². The Morgan fingerprint density at radius 3 is 1.83 bits per heavy atom. The summed E-state index contributed by atoms with van der Waals surface area (Å²) >= 11 is 0. The van der Waals surface area contributed by atoms with Gasteiger partial charge in [0.1, 0.15) is 0 Å². The van der Waals surface area contributed by atoms with Crippen molar-refractivity contribution in [3.63, 3.8) is 0 Å². The maximum absolute atomic E-state index is 11.8. The molecule has 0 aromatic heterocycles. The molecule has 1 saturated carbocycles. The van der Waals surface area contributed by atoms with Crippen LogP contribution in [0.5, 0.6) is 0 Å². The molecule has 2 saturated heterocycles. The van der Waals surface area contributed by atoms with Gasteiger partial charge >= 0.3 is 11.9 Å². The fraction of sp³-hybridized carbons (Fsp3) is 0.692. The molecule has 0 spiro atoms. The van der Waals surface area contributed by atoms with Crippen molar-refractivity contribution >= 4 is 11.9 Å². The average Bonchev–Trinajstić information content (AvgIpc) is 2.78. The topological polar surface area (TPSA) is 61.8 Å². The van der Waals surface area contributed by atoms with Crippen LogP contribution in [0.15, 0.2) is 12.2 Å². The van der Waals surface area contributed by atoms with Crippen LogP contribution in [0, 0.1) is 23.7 Å². The van der Waals surface area contributed by atoms with E-state index in [-0.39, 0.29) is 35.9 Å². The van der Waals surface area contributed by atoms with Crippen LogP contribution >= 0.6 is 0 Å². The molecular formula is C13H14O5. The minimum atomic E-state index is -0.649. The lowest BCUT2D eigenvalue weighted by molar-refractivity contribution is -0.159. The molecule has 0 unspecified atom stereocenters. The van der Waals surface area contributed by atoms with Crippen LogP contribution in [0.1, 0.15) is 13.8 Å². The maximum Gasteiger partial charge on any atom is 0.318 e. The van der Waals surface area contributed by atoms with Crippen molar-refractivity contribution in [1.82, 2.24) is 0 Å². The normalized spacial score (nSPS) is 51.2. The molecule has 0 amide bonds. The van der Waals surface area contributed by atoms with Gasteiger partial charge < -0.3 is 14.2 Å². The third kappa shape index (κ3) is 1.14. The molecule has 5 nitrogen and oxygen atoms in total. The first-order valence-corrected chi connectivity index (χ1v) is 6.27. The van der Waals surface area contributed by atoms with E-state index in [9.17, 15) is 9.59 Å². The Labute approximate surface area is 104 Å². The molecular weight excluding hydrogens is 236 g/mol. The summed E-state index contributed by atoms with van der Waals surface area (Å²) in [6.45, 7) is 3.72. The van der Waals surface area contributed by atoms with Crippen LogP contribution in [0.2, 0.25) is 0 Å². The van der Waals surface area contributed by atoms with Crippen molar-refractivity contribution in [2.45, 2.75) is 31.8 Å². The Morgan fingerprint density at radius 2 is 1.39 bits per heavy atom. The summed E-state index contributed by atoms with van der Waals surface area (Å²) in [6, 6.07) is 0. The van der Waals surface area contributed by atoms with E-state index in [1.165, 1.54) is 0 Å². The number of cyclic esters (lactones) is 2. The molecule has 5 aliphatic rings. The molecule has 3 fully saturated rings. The first kappa shape index (κ1) is 10.7. The number of carbonyl (C=O) groups is 2. The van der Waals surface area contributed by atoms with Crippen molar-refractivity contribution in [2.75, 3.05) is 0 Å². The van der Waals surface area contributed by atoms with Crippen molar-refractivity contribution in [3.05, 3.63) is 12.2 Å². The third-order valence-electron chi connectivity index (χ3n) is 4.44. The second kappa shape index (κ2) is 3.03. The van der Waals surface area contributed by atoms with Crippen molar-refractivity contribution in [3.8, 4) is 0 Å². The zero-order valence-electron chi connectivity index (χ0n) is 10.2. The molecule has 96 valence electrons. The number of rotatable bonds is 0. The standard InChI is InChI=1S/C13H14O5/c1-13(2)17-9-5-3-4-6(10(9)18-13)8-7(5)11(14)16-12(8)15/h3-10H,1-2H3/t5-,6+,7+,8-,9-,10+. The van der Waals surface area contributed by atoms with E-state index in [1.54, 1.807) is 0 Å². The lowest BCUT2D eigenvalue weighted by Crippen LogP contribution is -2.54. The van der Waals surface area contributed by atoms with Gasteiger partial charge in [-0.15, -0.1) is 0 Å². The fourth-order valence-electron chi connectivity index (χ4n) is 3.86.